The highest BCUT2D eigenvalue weighted by Gasteiger charge is 2.35. The molecule has 13 heteroatoms. The second kappa shape index (κ2) is 9.13. The predicted octanol–water partition coefficient (Wildman–Crippen LogP) is 1.09. The molecule has 12 nitrogen and oxygen atoms in total. The number of rotatable bonds is 7. The molecule has 3 atom stereocenters. The molecule has 0 aliphatic carbocycles. The summed E-state index contributed by atoms with van der Waals surface area (Å²) in [6.07, 6.45) is 4.48. The van der Waals surface area contributed by atoms with Gasteiger partial charge in [-0.3, -0.25) is 9.48 Å². The van der Waals surface area contributed by atoms with Gasteiger partial charge in [-0.05, 0) is 33.0 Å². The Labute approximate surface area is 201 Å². The van der Waals surface area contributed by atoms with Crippen molar-refractivity contribution in [2.75, 3.05) is 50.6 Å². The van der Waals surface area contributed by atoms with Crippen LogP contribution in [0.3, 0.4) is 0 Å². The number of hydrogen-bond acceptors (Lipinski definition) is 9. The third-order valence-electron chi connectivity index (χ3n) is 6.45. The van der Waals surface area contributed by atoms with Gasteiger partial charge in [-0.2, -0.15) is 4.98 Å². The lowest BCUT2D eigenvalue weighted by molar-refractivity contribution is -0.117. The van der Waals surface area contributed by atoms with Gasteiger partial charge < -0.3 is 25.2 Å². The number of likely N-dealkylation sites (tertiary alicyclic amines) is 1. The molecule has 2 fully saturated rings. The van der Waals surface area contributed by atoms with Crippen LogP contribution in [0.25, 0.3) is 5.65 Å². The second-order valence-corrected chi connectivity index (χ2v) is 9.00. The Bertz CT molecular complexity index is 1260. The summed E-state index contributed by atoms with van der Waals surface area (Å²) in [4.78, 5) is 24.8. The van der Waals surface area contributed by atoms with Crippen LogP contribution in [0.15, 0.2) is 25.0 Å². The van der Waals surface area contributed by atoms with E-state index in [2.05, 4.69) is 49.3 Å². The number of likely N-dealkylation sites (N-methyl/N-ethyl adjacent to an activating group) is 1. The lowest BCUT2D eigenvalue weighted by atomic mass is 10.2. The van der Waals surface area contributed by atoms with Crippen molar-refractivity contribution < 1.29 is 13.9 Å². The first-order valence-electron chi connectivity index (χ1n) is 11.5. The molecule has 2 aliphatic rings. The fourth-order valence-electron chi connectivity index (χ4n) is 4.56. The Morgan fingerprint density at radius 3 is 2.86 bits per heavy atom. The van der Waals surface area contributed by atoms with Crippen LogP contribution >= 0.6 is 0 Å². The fourth-order valence-corrected chi connectivity index (χ4v) is 4.56. The number of aryl methyl sites for hydroxylation is 1. The molecule has 0 bridgehead atoms. The van der Waals surface area contributed by atoms with Crippen molar-refractivity contribution in [3.05, 3.63) is 30.7 Å². The van der Waals surface area contributed by atoms with Crippen LogP contribution in [0.2, 0.25) is 0 Å². The predicted molar refractivity (Wildman–Crippen MR) is 128 cm³/mol. The number of nitrogens with one attached hydrogen (secondary N) is 2. The van der Waals surface area contributed by atoms with Gasteiger partial charge in [0.1, 0.15) is 11.9 Å². The molecule has 3 aromatic rings. The van der Waals surface area contributed by atoms with E-state index >= 15 is 0 Å². The summed E-state index contributed by atoms with van der Waals surface area (Å²) in [5, 5.41) is 15.1. The molecule has 2 aliphatic heterocycles. The Morgan fingerprint density at radius 1 is 1.31 bits per heavy atom. The Morgan fingerprint density at radius 2 is 2.14 bits per heavy atom. The van der Waals surface area contributed by atoms with Crippen LogP contribution in [0.4, 0.5) is 21.8 Å². The number of nitrogens with zero attached hydrogens (tertiary/aromatic N) is 8. The van der Waals surface area contributed by atoms with Crippen molar-refractivity contribution in [2.45, 2.75) is 31.6 Å². The lowest BCUT2D eigenvalue weighted by Gasteiger charge is -2.17. The average Bonchev–Trinajstić information content (AvgIpc) is 3.62. The zero-order valence-corrected chi connectivity index (χ0v) is 20.0. The minimum Gasteiger partial charge on any atom is -0.478 e. The summed E-state index contributed by atoms with van der Waals surface area (Å²) in [5.74, 6) is 0.793. The Kier molecular flexibility index (Phi) is 6.01. The number of hydrogen-bond donors (Lipinski definition) is 2. The van der Waals surface area contributed by atoms with Gasteiger partial charge in [0, 0.05) is 13.1 Å². The molecule has 2 N–H and O–H groups in total. The number of amides is 1. The van der Waals surface area contributed by atoms with E-state index in [1.807, 2.05) is 17.8 Å². The number of fused-ring (bicyclic) bond motifs is 1. The molecule has 186 valence electrons. The largest absolute Gasteiger partial charge is 0.478 e. The number of carbonyl (C=O) groups is 1. The smallest absolute Gasteiger partial charge is 0.256 e. The number of carbonyl (C=O) groups excluding carboxylic acids is 1. The molecule has 0 aromatic carbocycles. The topological polar surface area (TPSA) is 118 Å². The summed E-state index contributed by atoms with van der Waals surface area (Å²) in [5.41, 5.74) is 1.97. The van der Waals surface area contributed by atoms with Gasteiger partial charge >= 0.3 is 0 Å². The van der Waals surface area contributed by atoms with E-state index < -0.39 is 18.1 Å². The van der Waals surface area contributed by atoms with Crippen LogP contribution in [0.5, 0.6) is 5.88 Å². The summed E-state index contributed by atoms with van der Waals surface area (Å²) < 4.78 is 23.8. The first kappa shape index (κ1) is 23.0. The maximum absolute atomic E-state index is 14.7. The van der Waals surface area contributed by atoms with Gasteiger partial charge in [0.05, 0.1) is 43.8 Å². The van der Waals surface area contributed by atoms with Gasteiger partial charge in [0.15, 0.2) is 11.5 Å². The van der Waals surface area contributed by atoms with E-state index in [1.54, 1.807) is 22.7 Å². The molecule has 35 heavy (non-hydrogen) atoms. The number of aromatic nitrogens is 6. The van der Waals surface area contributed by atoms with Crippen molar-refractivity contribution in [3.63, 3.8) is 0 Å². The van der Waals surface area contributed by atoms with E-state index in [1.165, 1.54) is 0 Å². The van der Waals surface area contributed by atoms with Crippen LogP contribution in [-0.4, -0.2) is 92.7 Å². The average molecular weight is 485 g/mol. The highest BCUT2D eigenvalue weighted by atomic mass is 19.1. The number of alkyl halides is 1. The highest BCUT2D eigenvalue weighted by Crippen LogP contribution is 2.31. The van der Waals surface area contributed by atoms with E-state index in [4.69, 9.17) is 4.74 Å². The van der Waals surface area contributed by atoms with Crippen LogP contribution < -0.4 is 20.3 Å². The van der Waals surface area contributed by atoms with E-state index in [9.17, 15) is 9.18 Å². The molecule has 5 rings (SSSR count). The van der Waals surface area contributed by atoms with Gasteiger partial charge in [0.2, 0.25) is 11.9 Å². The van der Waals surface area contributed by atoms with E-state index in [0.717, 1.165) is 31.3 Å². The molecule has 1 amide bonds. The number of imidazole rings is 1. The number of anilines is 3. The first-order chi connectivity index (χ1) is 16.9. The third kappa shape index (κ3) is 4.38. The maximum Gasteiger partial charge on any atom is 0.256 e. The summed E-state index contributed by atoms with van der Waals surface area (Å²) in [7, 11) is 3.66. The Balaban J connectivity index is 1.46. The molecule has 2 saturated heterocycles. The molecule has 0 radical (unpaired) electrons. The lowest BCUT2D eigenvalue weighted by Crippen LogP contribution is -2.40. The standard InChI is InChI=1S/C22H29FN10O2/c1-5-18(34)25-16-11-31(10-15(16)23)22-27-19(20-24-8-13(2)33(20)29-22)26-17-12-32(28-21(17)35-4)14-6-7-30(3)9-14/h5,8,12,14-16H,1,6-7,9-11H2,2-4H3,(H,25,34)(H,26,27,29)/t14-,15+,16+/m0/s1. The fraction of sp³-hybridized carbons (Fsp3) is 0.500. The zero-order chi connectivity index (χ0) is 24.7. The molecular formula is C22H29FN10O2. The minimum atomic E-state index is -1.26. The van der Waals surface area contributed by atoms with E-state index in [-0.39, 0.29) is 19.1 Å². The third-order valence-corrected chi connectivity index (χ3v) is 6.45. The van der Waals surface area contributed by atoms with Crippen molar-refractivity contribution in [1.29, 1.82) is 0 Å². The first-order valence-corrected chi connectivity index (χ1v) is 11.5. The highest BCUT2D eigenvalue weighted by molar-refractivity contribution is 5.87. The van der Waals surface area contributed by atoms with Crippen molar-refractivity contribution in [2.24, 2.45) is 0 Å². The SMILES string of the molecule is C=CC(=O)N[C@@H]1CN(c2nc(Nc3cn([C@H]4CCN(C)C4)nc3OC)c3ncc(C)n3n2)C[C@H]1F. The maximum atomic E-state index is 14.7. The molecule has 3 aromatic heterocycles. The quantitative estimate of drug-likeness (QED) is 0.475. The number of methoxy groups -OCH3 is 1. The van der Waals surface area contributed by atoms with Crippen molar-refractivity contribution in [1.82, 2.24) is 39.6 Å². The van der Waals surface area contributed by atoms with Crippen molar-refractivity contribution in [3.8, 4) is 5.88 Å². The summed E-state index contributed by atoms with van der Waals surface area (Å²) in [6.45, 7) is 7.52. The van der Waals surface area contributed by atoms with Crippen LogP contribution in [0.1, 0.15) is 18.2 Å². The molecule has 0 saturated carbocycles. The van der Waals surface area contributed by atoms with Crippen LogP contribution in [-0.2, 0) is 4.79 Å². The van der Waals surface area contributed by atoms with Crippen LogP contribution in [0, 0.1) is 6.92 Å². The molecular weight excluding hydrogens is 455 g/mol. The Hall–Kier alpha value is -3.74. The normalized spacial score (nSPS) is 22.6. The van der Waals surface area contributed by atoms with Gasteiger partial charge in [-0.15, -0.1) is 10.2 Å². The minimum absolute atomic E-state index is 0.0528. The number of ether oxygens (including phenoxy) is 1. The van der Waals surface area contributed by atoms with Crippen molar-refractivity contribution >= 4 is 29.0 Å². The molecule has 5 heterocycles. The zero-order valence-electron chi connectivity index (χ0n) is 20.0. The monoisotopic (exact) mass is 484 g/mol. The van der Waals surface area contributed by atoms with Gasteiger partial charge in [-0.1, -0.05) is 6.58 Å². The second-order valence-electron chi connectivity index (χ2n) is 9.00. The number of halogens is 1. The molecule has 0 spiro atoms. The van der Waals surface area contributed by atoms with Gasteiger partial charge in [0.25, 0.3) is 5.88 Å². The molecule has 0 unspecified atom stereocenters. The van der Waals surface area contributed by atoms with E-state index in [0.29, 0.717) is 29.0 Å². The summed E-state index contributed by atoms with van der Waals surface area (Å²) >= 11 is 0. The summed E-state index contributed by atoms with van der Waals surface area (Å²) in [6, 6.07) is -0.421. The van der Waals surface area contributed by atoms with Gasteiger partial charge in [-0.25, -0.2) is 13.9 Å².